The Morgan fingerprint density at radius 3 is 2.69 bits per heavy atom. The highest BCUT2D eigenvalue weighted by atomic mass is 35.5. The fourth-order valence-corrected chi connectivity index (χ4v) is 1.20. The highest BCUT2D eigenvalue weighted by molar-refractivity contribution is 6.28. The lowest BCUT2D eigenvalue weighted by atomic mass is 10.3. The van der Waals surface area contributed by atoms with E-state index >= 15 is 0 Å². The van der Waals surface area contributed by atoms with E-state index in [1.165, 1.54) is 0 Å². The predicted octanol–water partition coefficient (Wildman–Crippen LogP) is 2.53. The molecule has 0 bridgehead atoms. The number of nitrogens with zero attached hydrogens (tertiary/aromatic N) is 3. The molecular formula is C10H17ClN4O. The van der Waals surface area contributed by atoms with Crippen LogP contribution >= 0.6 is 11.6 Å². The number of hydrogen-bond donors (Lipinski definition) is 1. The molecule has 6 heteroatoms. The Bertz CT molecular complexity index is 322. The van der Waals surface area contributed by atoms with Crippen LogP contribution in [0.25, 0.3) is 0 Å². The molecule has 1 heterocycles. The maximum Gasteiger partial charge on any atom is 0.322 e. The monoisotopic (exact) mass is 244 g/mol. The first-order valence-corrected chi connectivity index (χ1v) is 5.92. The van der Waals surface area contributed by atoms with E-state index in [4.69, 9.17) is 16.3 Å². The third-order valence-corrected chi connectivity index (χ3v) is 2.01. The molecule has 0 atom stereocenters. The minimum absolute atomic E-state index is 0.153. The molecule has 0 saturated heterocycles. The van der Waals surface area contributed by atoms with Gasteiger partial charge in [0.2, 0.25) is 11.2 Å². The van der Waals surface area contributed by atoms with Crippen molar-refractivity contribution in [3.63, 3.8) is 0 Å². The zero-order valence-corrected chi connectivity index (χ0v) is 10.4. The number of ether oxygens (including phenoxy) is 1. The SMILES string of the molecule is CCCCNc1nc(Cl)nc(OCCC)n1. The van der Waals surface area contributed by atoms with Gasteiger partial charge < -0.3 is 10.1 Å². The van der Waals surface area contributed by atoms with E-state index in [1.807, 2.05) is 6.92 Å². The van der Waals surface area contributed by atoms with Crippen molar-refractivity contribution >= 4 is 17.5 Å². The number of aromatic nitrogens is 3. The van der Waals surface area contributed by atoms with Crippen LogP contribution in [0.4, 0.5) is 5.95 Å². The third-order valence-electron chi connectivity index (χ3n) is 1.84. The Labute approximate surface area is 101 Å². The summed E-state index contributed by atoms with van der Waals surface area (Å²) in [4.78, 5) is 11.9. The van der Waals surface area contributed by atoms with E-state index in [0.29, 0.717) is 12.6 Å². The molecule has 0 aromatic carbocycles. The Balaban J connectivity index is 2.58. The molecule has 90 valence electrons. The van der Waals surface area contributed by atoms with Crippen molar-refractivity contribution < 1.29 is 4.74 Å². The van der Waals surface area contributed by atoms with E-state index in [1.54, 1.807) is 0 Å². The maximum atomic E-state index is 5.76. The van der Waals surface area contributed by atoms with Gasteiger partial charge in [-0.1, -0.05) is 20.3 Å². The van der Waals surface area contributed by atoms with Crippen LogP contribution < -0.4 is 10.1 Å². The lowest BCUT2D eigenvalue weighted by Crippen LogP contribution is -2.08. The molecule has 0 radical (unpaired) electrons. The van der Waals surface area contributed by atoms with Gasteiger partial charge in [0.05, 0.1) is 6.61 Å². The summed E-state index contributed by atoms with van der Waals surface area (Å²) in [5, 5.41) is 3.23. The van der Waals surface area contributed by atoms with E-state index < -0.39 is 0 Å². The summed E-state index contributed by atoms with van der Waals surface area (Å²) >= 11 is 5.76. The number of halogens is 1. The average molecular weight is 245 g/mol. The third kappa shape index (κ3) is 4.61. The summed E-state index contributed by atoms with van der Waals surface area (Å²) in [6.45, 7) is 5.54. The number of unbranched alkanes of at least 4 members (excludes halogenated alkanes) is 1. The second kappa shape index (κ2) is 7.22. The zero-order chi connectivity index (χ0) is 11.8. The lowest BCUT2D eigenvalue weighted by molar-refractivity contribution is 0.291. The van der Waals surface area contributed by atoms with Gasteiger partial charge in [0.15, 0.2) is 0 Å². The van der Waals surface area contributed by atoms with Gasteiger partial charge in [-0.25, -0.2) is 0 Å². The number of anilines is 1. The van der Waals surface area contributed by atoms with E-state index in [9.17, 15) is 0 Å². The second-order valence-corrected chi connectivity index (χ2v) is 3.68. The fourth-order valence-electron chi connectivity index (χ4n) is 1.05. The lowest BCUT2D eigenvalue weighted by Gasteiger charge is -2.06. The Hall–Kier alpha value is -1.10. The summed E-state index contributed by atoms with van der Waals surface area (Å²) in [6.07, 6.45) is 3.08. The highest BCUT2D eigenvalue weighted by Crippen LogP contribution is 2.11. The molecule has 0 amide bonds. The molecule has 1 rings (SSSR count). The molecule has 0 aliphatic rings. The minimum Gasteiger partial charge on any atom is -0.463 e. The number of nitrogens with one attached hydrogen (secondary N) is 1. The molecule has 0 unspecified atom stereocenters. The molecular weight excluding hydrogens is 228 g/mol. The molecule has 0 aliphatic heterocycles. The first kappa shape index (κ1) is 13.0. The predicted molar refractivity (Wildman–Crippen MR) is 64.0 cm³/mol. The summed E-state index contributed by atoms with van der Waals surface area (Å²) in [5.74, 6) is 0.472. The van der Waals surface area contributed by atoms with E-state index in [2.05, 4.69) is 27.2 Å². The van der Waals surface area contributed by atoms with Gasteiger partial charge in [-0.3, -0.25) is 0 Å². The van der Waals surface area contributed by atoms with Crippen molar-refractivity contribution in [1.29, 1.82) is 0 Å². The van der Waals surface area contributed by atoms with Crippen molar-refractivity contribution in [3.05, 3.63) is 5.28 Å². The van der Waals surface area contributed by atoms with Gasteiger partial charge in [0.1, 0.15) is 0 Å². The van der Waals surface area contributed by atoms with Crippen LogP contribution in [0.2, 0.25) is 5.28 Å². The van der Waals surface area contributed by atoms with Gasteiger partial charge in [0, 0.05) is 6.54 Å². The first-order valence-electron chi connectivity index (χ1n) is 5.54. The van der Waals surface area contributed by atoms with Crippen LogP contribution in [0, 0.1) is 0 Å². The van der Waals surface area contributed by atoms with Gasteiger partial charge in [-0.05, 0) is 24.4 Å². The topological polar surface area (TPSA) is 59.9 Å². The van der Waals surface area contributed by atoms with Crippen LogP contribution in [0.15, 0.2) is 0 Å². The van der Waals surface area contributed by atoms with Crippen LogP contribution in [0.5, 0.6) is 6.01 Å². The standard InChI is InChI=1S/C10H17ClN4O/c1-3-5-6-12-9-13-8(11)14-10(15-9)16-7-4-2/h3-7H2,1-2H3,(H,12,13,14,15). The van der Waals surface area contributed by atoms with Crippen molar-refractivity contribution in [1.82, 2.24) is 15.0 Å². The molecule has 1 aromatic rings. The first-order chi connectivity index (χ1) is 7.76. The summed E-state index contributed by atoms with van der Waals surface area (Å²) in [7, 11) is 0. The Kier molecular flexibility index (Phi) is 5.85. The van der Waals surface area contributed by atoms with Crippen molar-refractivity contribution in [2.75, 3.05) is 18.5 Å². The minimum atomic E-state index is 0.153. The smallest absolute Gasteiger partial charge is 0.322 e. The maximum absolute atomic E-state index is 5.76. The Morgan fingerprint density at radius 2 is 2.00 bits per heavy atom. The molecule has 16 heavy (non-hydrogen) atoms. The van der Waals surface area contributed by atoms with Crippen LogP contribution in [0.3, 0.4) is 0 Å². The normalized spacial score (nSPS) is 10.2. The van der Waals surface area contributed by atoms with E-state index in [0.717, 1.165) is 25.8 Å². The zero-order valence-electron chi connectivity index (χ0n) is 9.66. The highest BCUT2D eigenvalue weighted by Gasteiger charge is 2.04. The summed E-state index contributed by atoms with van der Waals surface area (Å²) < 4.78 is 5.30. The molecule has 5 nitrogen and oxygen atoms in total. The van der Waals surface area contributed by atoms with Gasteiger partial charge >= 0.3 is 6.01 Å². The molecule has 1 N–H and O–H groups in total. The van der Waals surface area contributed by atoms with Crippen LogP contribution in [0.1, 0.15) is 33.1 Å². The van der Waals surface area contributed by atoms with Crippen LogP contribution in [-0.2, 0) is 0 Å². The largest absolute Gasteiger partial charge is 0.463 e. The second-order valence-electron chi connectivity index (χ2n) is 3.34. The molecule has 1 aromatic heterocycles. The molecule has 0 spiro atoms. The van der Waals surface area contributed by atoms with Crippen molar-refractivity contribution in [2.45, 2.75) is 33.1 Å². The number of hydrogen-bond acceptors (Lipinski definition) is 5. The summed E-state index contributed by atoms with van der Waals surface area (Å²) in [6, 6.07) is 0.279. The van der Waals surface area contributed by atoms with Crippen molar-refractivity contribution in [3.8, 4) is 6.01 Å². The van der Waals surface area contributed by atoms with Gasteiger partial charge in [-0.2, -0.15) is 15.0 Å². The molecule has 0 fully saturated rings. The van der Waals surface area contributed by atoms with E-state index in [-0.39, 0.29) is 11.3 Å². The van der Waals surface area contributed by atoms with Crippen molar-refractivity contribution in [2.24, 2.45) is 0 Å². The number of rotatable bonds is 7. The Morgan fingerprint density at radius 1 is 1.19 bits per heavy atom. The summed E-state index contributed by atoms with van der Waals surface area (Å²) in [5.41, 5.74) is 0. The molecule has 0 saturated carbocycles. The average Bonchev–Trinajstić information content (AvgIpc) is 2.26. The van der Waals surface area contributed by atoms with Crippen LogP contribution in [-0.4, -0.2) is 28.1 Å². The van der Waals surface area contributed by atoms with Gasteiger partial charge in [0.25, 0.3) is 0 Å². The molecule has 0 aliphatic carbocycles. The quantitative estimate of drug-likeness (QED) is 0.747. The fraction of sp³-hybridized carbons (Fsp3) is 0.700. The van der Waals surface area contributed by atoms with Gasteiger partial charge in [-0.15, -0.1) is 0 Å².